The number of rotatable bonds is 5. The molecule has 1 heterocycles. The zero-order valence-corrected chi connectivity index (χ0v) is 16.0. The van der Waals surface area contributed by atoms with Crippen molar-refractivity contribution in [3.05, 3.63) is 23.2 Å². The van der Waals surface area contributed by atoms with Crippen LogP contribution in [0.4, 0.5) is 5.69 Å². The maximum Gasteiger partial charge on any atom is 0.227 e. The van der Waals surface area contributed by atoms with Gasteiger partial charge in [0.1, 0.15) is 5.75 Å². The van der Waals surface area contributed by atoms with Crippen molar-refractivity contribution >= 4 is 35.0 Å². The molecule has 0 aromatic heterocycles. The van der Waals surface area contributed by atoms with Crippen LogP contribution >= 0.6 is 11.6 Å². The molecule has 0 radical (unpaired) electrons. The minimum absolute atomic E-state index is 0.0754. The lowest BCUT2D eigenvalue weighted by molar-refractivity contribution is -0.128. The number of hydrogen-bond acceptors (Lipinski definition) is 4. The lowest BCUT2D eigenvalue weighted by Gasteiger charge is -2.28. The molecule has 0 bridgehead atoms. The van der Waals surface area contributed by atoms with Crippen LogP contribution in [0.25, 0.3) is 0 Å². The largest absolute Gasteiger partial charge is 0.495 e. The molecule has 3 N–H and O–H groups in total. The van der Waals surface area contributed by atoms with Crippen LogP contribution in [0.2, 0.25) is 5.02 Å². The van der Waals surface area contributed by atoms with Crippen molar-refractivity contribution in [3.63, 3.8) is 0 Å². The van der Waals surface area contributed by atoms with Gasteiger partial charge in [0, 0.05) is 29.9 Å². The lowest BCUT2D eigenvalue weighted by Crippen LogP contribution is -2.44. The smallest absolute Gasteiger partial charge is 0.227 e. The van der Waals surface area contributed by atoms with E-state index in [-0.39, 0.29) is 42.6 Å². The molecule has 2 aliphatic rings. The normalized spacial score (nSPS) is 25.3. The fourth-order valence-corrected chi connectivity index (χ4v) is 4.05. The molecule has 27 heavy (non-hydrogen) atoms. The van der Waals surface area contributed by atoms with E-state index in [1.807, 2.05) is 0 Å². The van der Waals surface area contributed by atoms with Gasteiger partial charge in [0.15, 0.2) is 0 Å². The fourth-order valence-electron chi connectivity index (χ4n) is 3.89. The second-order valence-corrected chi connectivity index (χ2v) is 7.63. The third-order valence-corrected chi connectivity index (χ3v) is 5.59. The van der Waals surface area contributed by atoms with Crippen LogP contribution in [0.5, 0.6) is 5.75 Å². The first kappa shape index (κ1) is 19.5. The van der Waals surface area contributed by atoms with E-state index in [0.717, 1.165) is 19.3 Å². The quantitative estimate of drug-likeness (QED) is 0.797. The summed E-state index contributed by atoms with van der Waals surface area (Å²) in [5.74, 6) is -0.734. The molecular formula is C19H24ClN3O4. The molecule has 1 saturated heterocycles. The molecule has 1 aromatic carbocycles. The van der Waals surface area contributed by atoms with Gasteiger partial charge in [-0.2, -0.15) is 0 Å². The molecule has 3 rings (SSSR count). The van der Waals surface area contributed by atoms with E-state index in [0.29, 0.717) is 22.9 Å². The maximum absolute atomic E-state index is 12.7. The van der Waals surface area contributed by atoms with E-state index in [4.69, 9.17) is 22.1 Å². The van der Waals surface area contributed by atoms with Gasteiger partial charge < -0.3 is 20.7 Å². The summed E-state index contributed by atoms with van der Waals surface area (Å²) in [4.78, 5) is 38.1. The number of halogens is 1. The maximum atomic E-state index is 12.7. The summed E-state index contributed by atoms with van der Waals surface area (Å²) in [7, 11) is 1.52. The van der Waals surface area contributed by atoms with Crippen molar-refractivity contribution in [3.8, 4) is 5.75 Å². The molecule has 3 amide bonds. The summed E-state index contributed by atoms with van der Waals surface area (Å²) in [6, 6.07) is 4.97. The number of carbonyl (C=O) groups is 3. The zero-order chi connectivity index (χ0) is 19.6. The van der Waals surface area contributed by atoms with Gasteiger partial charge in [-0.25, -0.2) is 0 Å². The van der Waals surface area contributed by atoms with Gasteiger partial charge in [0.05, 0.1) is 18.7 Å². The number of hydrogen-bond donors (Lipinski definition) is 2. The van der Waals surface area contributed by atoms with Gasteiger partial charge in [0.2, 0.25) is 17.7 Å². The van der Waals surface area contributed by atoms with Crippen LogP contribution in [0.3, 0.4) is 0 Å². The molecule has 0 unspecified atom stereocenters. The number of amides is 3. The number of methoxy groups -OCH3 is 1. The van der Waals surface area contributed by atoms with Crippen molar-refractivity contribution in [2.45, 2.75) is 38.1 Å². The second-order valence-electron chi connectivity index (χ2n) is 7.19. The van der Waals surface area contributed by atoms with Crippen molar-refractivity contribution in [2.75, 3.05) is 18.6 Å². The Morgan fingerprint density at radius 1 is 1.30 bits per heavy atom. The molecule has 146 valence electrons. The molecule has 0 spiro atoms. The Bertz CT molecular complexity index is 754. The monoisotopic (exact) mass is 393 g/mol. The third-order valence-electron chi connectivity index (χ3n) is 5.35. The summed E-state index contributed by atoms with van der Waals surface area (Å²) in [6.45, 7) is 0.271. The van der Waals surface area contributed by atoms with E-state index >= 15 is 0 Å². The van der Waals surface area contributed by atoms with Crippen molar-refractivity contribution < 1.29 is 19.1 Å². The number of primary amides is 1. The Kier molecular flexibility index (Phi) is 5.89. The summed E-state index contributed by atoms with van der Waals surface area (Å²) < 4.78 is 5.32. The molecule has 1 aliphatic carbocycles. The van der Waals surface area contributed by atoms with Crippen molar-refractivity contribution in [2.24, 2.45) is 17.6 Å². The zero-order valence-electron chi connectivity index (χ0n) is 15.2. The molecule has 1 saturated carbocycles. The summed E-state index contributed by atoms with van der Waals surface area (Å²) in [5.41, 5.74) is 5.96. The fraction of sp³-hybridized carbons (Fsp3) is 0.526. The predicted octanol–water partition coefficient (Wildman–Crippen LogP) is 1.86. The number of benzene rings is 1. The molecule has 3 atom stereocenters. The highest BCUT2D eigenvalue weighted by molar-refractivity contribution is 6.31. The third kappa shape index (κ3) is 4.35. The molecule has 1 aromatic rings. The van der Waals surface area contributed by atoms with Crippen LogP contribution < -0.4 is 20.7 Å². The van der Waals surface area contributed by atoms with Crippen LogP contribution in [-0.4, -0.2) is 37.4 Å². The van der Waals surface area contributed by atoms with E-state index in [2.05, 4.69) is 5.32 Å². The highest BCUT2D eigenvalue weighted by Crippen LogP contribution is 2.35. The first-order valence-electron chi connectivity index (χ1n) is 9.12. The minimum Gasteiger partial charge on any atom is -0.495 e. The van der Waals surface area contributed by atoms with Crippen LogP contribution in [0, 0.1) is 11.8 Å². The Labute approximate surface area is 163 Å². The molecule has 2 fully saturated rings. The highest BCUT2D eigenvalue weighted by Gasteiger charge is 2.37. The highest BCUT2D eigenvalue weighted by atomic mass is 35.5. The van der Waals surface area contributed by atoms with Crippen LogP contribution in [0.1, 0.15) is 32.1 Å². The lowest BCUT2D eigenvalue weighted by atomic mass is 9.85. The summed E-state index contributed by atoms with van der Waals surface area (Å²) >= 11 is 6.06. The first-order chi connectivity index (χ1) is 12.9. The number of nitrogens with two attached hydrogens (primary N) is 1. The number of carbonyl (C=O) groups excluding carboxylic acids is 3. The first-order valence-corrected chi connectivity index (χ1v) is 9.50. The van der Waals surface area contributed by atoms with Gasteiger partial charge in [0.25, 0.3) is 0 Å². The van der Waals surface area contributed by atoms with Gasteiger partial charge in [-0.3, -0.25) is 14.4 Å². The summed E-state index contributed by atoms with van der Waals surface area (Å²) in [6.07, 6.45) is 3.14. The second kappa shape index (κ2) is 8.17. The molecule has 1 aliphatic heterocycles. The summed E-state index contributed by atoms with van der Waals surface area (Å²) in [5, 5.41) is 3.49. The van der Waals surface area contributed by atoms with E-state index in [1.165, 1.54) is 7.11 Å². The van der Waals surface area contributed by atoms with E-state index < -0.39 is 5.92 Å². The Hall–Kier alpha value is -2.28. The average molecular weight is 394 g/mol. The standard InChI is InChI=1S/C19H24ClN3O4/c1-27-16-6-5-13(20)9-15(16)23-10-12(8-17(23)24)19(26)22-14-4-2-3-11(7-14)18(21)25/h5-6,9,11-12,14H,2-4,7-8,10H2,1H3,(H2,21,25)(H,22,26)/t11-,12+,14-/m0/s1. The van der Waals surface area contributed by atoms with Gasteiger partial charge in [-0.05, 0) is 37.5 Å². The molecular weight excluding hydrogens is 370 g/mol. The molecule has 7 nitrogen and oxygen atoms in total. The Balaban J connectivity index is 1.66. The van der Waals surface area contributed by atoms with Crippen molar-refractivity contribution in [1.29, 1.82) is 0 Å². The number of ether oxygens (including phenoxy) is 1. The predicted molar refractivity (Wildman–Crippen MR) is 102 cm³/mol. The number of anilines is 1. The number of nitrogens with zero attached hydrogens (tertiary/aromatic N) is 1. The van der Waals surface area contributed by atoms with E-state index in [1.54, 1.807) is 23.1 Å². The van der Waals surface area contributed by atoms with E-state index in [9.17, 15) is 14.4 Å². The topological polar surface area (TPSA) is 102 Å². The van der Waals surface area contributed by atoms with Gasteiger partial charge >= 0.3 is 0 Å². The average Bonchev–Trinajstić information content (AvgIpc) is 3.03. The molecule has 8 heteroatoms. The minimum atomic E-state index is -0.449. The Morgan fingerprint density at radius 3 is 2.78 bits per heavy atom. The van der Waals surface area contributed by atoms with Gasteiger partial charge in [-0.1, -0.05) is 18.0 Å². The SMILES string of the molecule is COc1ccc(Cl)cc1N1C[C@H](C(=O)N[C@H]2CCC[C@H](C(N)=O)C2)CC1=O. The van der Waals surface area contributed by atoms with Crippen molar-refractivity contribution in [1.82, 2.24) is 5.32 Å². The van der Waals surface area contributed by atoms with Crippen LogP contribution in [0.15, 0.2) is 18.2 Å². The van der Waals surface area contributed by atoms with Crippen LogP contribution in [-0.2, 0) is 14.4 Å². The Morgan fingerprint density at radius 2 is 2.07 bits per heavy atom. The number of nitrogens with one attached hydrogen (secondary N) is 1. The van der Waals surface area contributed by atoms with Gasteiger partial charge in [-0.15, -0.1) is 0 Å².